The Morgan fingerprint density at radius 3 is 1.31 bits per heavy atom. The fraction of sp³-hybridized carbons (Fsp3) is 0.120. The van der Waals surface area contributed by atoms with E-state index in [4.69, 9.17) is 12.3 Å². The quantitative estimate of drug-likeness (QED) is 0.361. The molecule has 168 valence electrons. The van der Waals surface area contributed by atoms with Gasteiger partial charge >= 0.3 is 17.1 Å². The minimum atomic E-state index is -3.27. The fourth-order valence-corrected chi connectivity index (χ4v) is 19.3. The molecule has 0 unspecified atom stereocenters. The molecule has 0 heterocycles. The van der Waals surface area contributed by atoms with Gasteiger partial charge in [-0.2, -0.15) is 0 Å². The monoisotopic (exact) mass is 494 g/mol. The normalized spacial score (nSPS) is 12.6. The first-order valence-electron chi connectivity index (χ1n) is 10.5. The minimum Gasteiger partial charge on any atom is -0.430 e. The van der Waals surface area contributed by atoms with Gasteiger partial charge in [-0.1, -0.05) is 89.2 Å². The lowest BCUT2D eigenvalue weighted by molar-refractivity contribution is 0.348. The van der Waals surface area contributed by atoms with Crippen molar-refractivity contribution in [3.8, 4) is 0 Å². The lowest BCUT2D eigenvalue weighted by Gasteiger charge is -2.43. The second-order valence-corrected chi connectivity index (χ2v) is 21.9. The van der Waals surface area contributed by atoms with Crippen molar-refractivity contribution in [2.45, 2.75) is 19.6 Å². The van der Waals surface area contributed by atoms with Gasteiger partial charge in [0, 0.05) is 0 Å². The first-order valence-corrected chi connectivity index (χ1v) is 19.9. The van der Waals surface area contributed by atoms with Gasteiger partial charge in [0.25, 0.3) is 8.32 Å². The molecule has 0 amide bonds. The molecule has 0 saturated carbocycles. The van der Waals surface area contributed by atoms with Gasteiger partial charge in [-0.3, -0.25) is 0 Å². The third kappa shape index (κ3) is 5.81. The summed E-state index contributed by atoms with van der Waals surface area (Å²) < 4.78 is 20.9. The highest BCUT2D eigenvalue weighted by atomic mass is 28.5. The summed E-state index contributed by atoms with van der Waals surface area (Å²) in [5, 5.41) is 2.00. The summed E-state index contributed by atoms with van der Waals surface area (Å²) in [6.45, 7) is 26.3. The van der Waals surface area contributed by atoms with Gasteiger partial charge in [0.05, 0.1) is 0 Å². The highest BCUT2D eigenvalue weighted by Gasteiger charge is 2.52. The zero-order valence-electron chi connectivity index (χ0n) is 19.4. The second kappa shape index (κ2) is 10.7. The maximum atomic E-state index is 7.12. The molecular formula is C25H34O3Si4. The van der Waals surface area contributed by atoms with Crippen molar-refractivity contribution >= 4 is 44.1 Å². The lowest BCUT2D eigenvalue weighted by atomic mass is 10.4. The number of benzene rings is 2. The van der Waals surface area contributed by atoms with Crippen LogP contribution in [0.5, 0.6) is 0 Å². The van der Waals surface area contributed by atoms with Crippen LogP contribution in [0.3, 0.4) is 0 Å². The summed E-state index contributed by atoms with van der Waals surface area (Å²) in [6.07, 6.45) is 0. The van der Waals surface area contributed by atoms with Gasteiger partial charge in [0.2, 0.25) is 8.32 Å². The maximum Gasteiger partial charge on any atom is 0.388 e. The van der Waals surface area contributed by atoms with Crippen LogP contribution in [-0.2, 0) is 12.3 Å². The third-order valence-corrected chi connectivity index (χ3v) is 20.4. The molecule has 7 heteroatoms. The highest BCUT2D eigenvalue weighted by molar-refractivity contribution is 7.05. The van der Waals surface area contributed by atoms with Crippen molar-refractivity contribution < 1.29 is 12.3 Å². The van der Waals surface area contributed by atoms with E-state index in [1.807, 2.05) is 64.9 Å². The Balaban J connectivity index is 2.78. The Morgan fingerprint density at radius 2 is 0.969 bits per heavy atom. The average Bonchev–Trinajstić information content (AvgIpc) is 2.82. The summed E-state index contributed by atoms with van der Waals surface area (Å²) in [6, 6.07) is 20.3. The van der Waals surface area contributed by atoms with Gasteiger partial charge in [-0.05, 0) is 30.0 Å². The summed E-state index contributed by atoms with van der Waals surface area (Å²) in [5.74, 6) is 0. The predicted molar refractivity (Wildman–Crippen MR) is 147 cm³/mol. The standard InChI is InChI=1S/C25H34O3Si4/c1-9-30(8,10-2)26-29(6,7)27-32(24-20-16-14-17-21-24,25-22-18-15-19-23-25)28-31(11-3,12-4)13-5/h9-23H,1-5H2,6-8H3. The largest absolute Gasteiger partial charge is 0.430 e. The van der Waals surface area contributed by atoms with E-state index < -0.39 is 33.8 Å². The van der Waals surface area contributed by atoms with E-state index in [1.165, 1.54) is 0 Å². The second-order valence-electron chi connectivity index (χ2n) is 8.11. The van der Waals surface area contributed by atoms with E-state index in [2.05, 4.69) is 76.8 Å². The molecule has 2 aromatic rings. The van der Waals surface area contributed by atoms with E-state index in [-0.39, 0.29) is 0 Å². The van der Waals surface area contributed by atoms with E-state index in [0.717, 1.165) is 10.4 Å². The summed E-state index contributed by atoms with van der Waals surface area (Å²) in [4.78, 5) is 0. The predicted octanol–water partition coefficient (Wildman–Crippen LogP) is 5.14. The first kappa shape index (κ1) is 26.1. The van der Waals surface area contributed by atoms with Crippen LogP contribution in [0.4, 0.5) is 0 Å². The third-order valence-electron chi connectivity index (χ3n) is 5.25. The van der Waals surface area contributed by atoms with Crippen molar-refractivity contribution in [1.29, 1.82) is 0 Å². The average molecular weight is 495 g/mol. The smallest absolute Gasteiger partial charge is 0.388 e. The molecular weight excluding hydrogens is 461 g/mol. The SMILES string of the molecule is C=C[Si](C)(C=C)O[Si](C)(C)O[Si](O[Si](C=C)(C=C)C=C)(c1ccccc1)c1ccccc1. The Bertz CT molecular complexity index is 888. The molecule has 2 rings (SSSR count). The van der Waals surface area contributed by atoms with Crippen molar-refractivity contribution in [3.63, 3.8) is 0 Å². The molecule has 0 aliphatic heterocycles. The van der Waals surface area contributed by atoms with E-state index in [0.29, 0.717) is 0 Å². The molecule has 32 heavy (non-hydrogen) atoms. The van der Waals surface area contributed by atoms with Crippen LogP contribution in [0, 0.1) is 0 Å². The van der Waals surface area contributed by atoms with Gasteiger partial charge < -0.3 is 12.3 Å². The van der Waals surface area contributed by atoms with Gasteiger partial charge in [0.1, 0.15) is 0 Å². The van der Waals surface area contributed by atoms with E-state index in [9.17, 15) is 0 Å². The van der Waals surface area contributed by atoms with Crippen molar-refractivity contribution in [2.24, 2.45) is 0 Å². The topological polar surface area (TPSA) is 27.7 Å². The number of rotatable bonds is 13. The van der Waals surface area contributed by atoms with Crippen LogP contribution in [0.25, 0.3) is 0 Å². The molecule has 2 aromatic carbocycles. The van der Waals surface area contributed by atoms with Crippen LogP contribution in [-0.4, -0.2) is 33.8 Å². The zero-order valence-corrected chi connectivity index (χ0v) is 23.4. The van der Waals surface area contributed by atoms with Crippen LogP contribution < -0.4 is 10.4 Å². The van der Waals surface area contributed by atoms with E-state index >= 15 is 0 Å². The molecule has 0 N–H and O–H groups in total. The van der Waals surface area contributed by atoms with Crippen LogP contribution in [0.15, 0.2) is 122 Å². The molecule has 0 aliphatic rings. The molecule has 0 aromatic heterocycles. The summed E-state index contributed by atoms with van der Waals surface area (Å²) >= 11 is 0. The Hall–Kier alpha value is -2.11. The number of hydrogen-bond donors (Lipinski definition) is 0. The van der Waals surface area contributed by atoms with Gasteiger partial charge in [-0.15, -0.1) is 32.9 Å². The molecule has 0 bridgehead atoms. The molecule has 0 saturated heterocycles. The highest BCUT2D eigenvalue weighted by Crippen LogP contribution is 2.26. The van der Waals surface area contributed by atoms with Crippen LogP contribution in [0.2, 0.25) is 19.6 Å². The fourth-order valence-electron chi connectivity index (χ4n) is 3.43. The van der Waals surface area contributed by atoms with Gasteiger partial charge in [0.15, 0.2) is 0 Å². The first-order chi connectivity index (χ1) is 15.1. The molecule has 0 fully saturated rings. The van der Waals surface area contributed by atoms with Gasteiger partial charge in [-0.25, -0.2) is 0 Å². The lowest BCUT2D eigenvalue weighted by Crippen LogP contribution is -2.71. The zero-order chi connectivity index (χ0) is 23.9. The van der Waals surface area contributed by atoms with Crippen LogP contribution >= 0.6 is 0 Å². The Morgan fingerprint density at radius 1 is 0.562 bits per heavy atom. The molecule has 0 aliphatic carbocycles. The summed E-state index contributed by atoms with van der Waals surface area (Å²) in [5.41, 5.74) is 9.27. The van der Waals surface area contributed by atoms with E-state index in [1.54, 1.807) is 0 Å². The Labute approximate surface area is 197 Å². The molecule has 0 radical (unpaired) electrons. The molecule has 0 spiro atoms. The maximum absolute atomic E-state index is 7.12. The minimum absolute atomic E-state index is 0.998. The van der Waals surface area contributed by atoms with Crippen molar-refractivity contribution in [2.75, 3.05) is 0 Å². The van der Waals surface area contributed by atoms with Crippen molar-refractivity contribution in [3.05, 3.63) is 122 Å². The summed E-state index contributed by atoms with van der Waals surface area (Å²) in [7, 11) is -11.1. The molecule has 3 nitrogen and oxygen atoms in total. The van der Waals surface area contributed by atoms with Crippen molar-refractivity contribution in [1.82, 2.24) is 0 Å². The van der Waals surface area contributed by atoms with Crippen LogP contribution in [0.1, 0.15) is 0 Å². The molecule has 0 atom stereocenters. The number of hydrogen-bond acceptors (Lipinski definition) is 3. The Kier molecular flexibility index (Phi) is 8.72.